The summed E-state index contributed by atoms with van der Waals surface area (Å²) in [5.41, 5.74) is 0.510. The molecule has 2 aromatic rings. The number of hydrogen-bond acceptors (Lipinski definition) is 4. The van der Waals surface area contributed by atoms with Crippen molar-refractivity contribution in [2.24, 2.45) is 0 Å². The summed E-state index contributed by atoms with van der Waals surface area (Å²) in [7, 11) is 0. The molecule has 1 fully saturated rings. The van der Waals surface area contributed by atoms with Gasteiger partial charge in [0.2, 0.25) is 5.43 Å². The topological polar surface area (TPSA) is 80.2 Å². The van der Waals surface area contributed by atoms with Crippen LogP contribution in [-0.2, 0) is 6.54 Å². The van der Waals surface area contributed by atoms with Crippen LogP contribution in [0.15, 0.2) is 34.0 Å². The molecule has 2 amide bonds. The molecule has 0 radical (unpaired) electrons. The lowest BCUT2D eigenvalue weighted by Gasteiger charge is -2.18. The molecule has 3 rings (SSSR count). The summed E-state index contributed by atoms with van der Waals surface area (Å²) in [4.78, 5) is 38.0. The van der Waals surface area contributed by atoms with E-state index >= 15 is 0 Å². The maximum Gasteiger partial charge on any atom is 0.257 e. The summed E-state index contributed by atoms with van der Waals surface area (Å²) in [6, 6.07) is 2.06. The van der Waals surface area contributed by atoms with Gasteiger partial charge in [0.1, 0.15) is 11.1 Å². The Labute approximate surface area is 162 Å². The van der Waals surface area contributed by atoms with Gasteiger partial charge in [0.25, 0.3) is 11.8 Å². The van der Waals surface area contributed by atoms with Crippen molar-refractivity contribution in [3.05, 3.63) is 56.1 Å². The van der Waals surface area contributed by atoms with Crippen molar-refractivity contribution >= 4 is 23.2 Å². The highest BCUT2D eigenvalue weighted by Crippen LogP contribution is 2.29. The van der Waals surface area contributed by atoms with Gasteiger partial charge in [-0.2, -0.15) is 11.3 Å². The maximum absolute atomic E-state index is 12.8. The van der Waals surface area contributed by atoms with Crippen molar-refractivity contribution in [3.8, 4) is 0 Å². The maximum atomic E-state index is 12.8. The van der Waals surface area contributed by atoms with Gasteiger partial charge in [-0.25, -0.2) is 0 Å². The number of hydrogen-bond donors (Lipinski definition) is 2. The fraction of sp³-hybridized carbons (Fsp3) is 0.450. The number of thiophene rings is 1. The van der Waals surface area contributed by atoms with Gasteiger partial charge in [-0.3, -0.25) is 14.4 Å². The van der Waals surface area contributed by atoms with Crippen LogP contribution in [0.4, 0.5) is 0 Å². The van der Waals surface area contributed by atoms with Crippen molar-refractivity contribution in [1.29, 1.82) is 0 Å². The van der Waals surface area contributed by atoms with Gasteiger partial charge in [-0.15, -0.1) is 0 Å². The molecular weight excluding hydrogens is 362 g/mol. The van der Waals surface area contributed by atoms with Crippen molar-refractivity contribution < 1.29 is 9.59 Å². The lowest BCUT2D eigenvalue weighted by Crippen LogP contribution is -2.37. The van der Waals surface area contributed by atoms with Crippen LogP contribution in [0.3, 0.4) is 0 Å². The van der Waals surface area contributed by atoms with Crippen molar-refractivity contribution in [2.75, 3.05) is 0 Å². The normalized spacial score (nSPS) is 14.5. The summed E-state index contributed by atoms with van der Waals surface area (Å²) < 4.78 is 1.88. The van der Waals surface area contributed by atoms with Gasteiger partial charge in [-0.1, -0.05) is 12.8 Å². The van der Waals surface area contributed by atoms with E-state index in [0.29, 0.717) is 6.54 Å². The van der Waals surface area contributed by atoms with E-state index < -0.39 is 17.2 Å². The fourth-order valence-electron chi connectivity index (χ4n) is 3.35. The molecule has 27 heavy (non-hydrogen) atoms. The third-order valence-electron chi connectivity index (χ3n) is 4.73. The van der Waals surface area contributed by atoms with E-state index in [0.717, 1.165) is 31.2 Å². The average Bonchev–Trinajstić information content (AvgIpc) is 3.33. The highest BCUT2D eigenvalue weighted by molar-refractivity contribution is 7.07. The highest BCUT2D eigenvalue weighted by Gasteiger charge is 2.23. The molecule has 0 unspecified atom stereocenters. The minimum Gasteiger partial charge on any atom is -0.350 e. The Morgan fingerprint density at radius 1 is 1.19 bits per heavy atom. The zero-order valence-electron chi connectivity index (χ0n) is 15.7. The van der Waals surface area contributed by atoms with E-state index in [4.69, 9.17) is 0 Å². The lowest BCUT2D eigenvalue weighted by molar-refractivity contribution is 0.0941. The van der Waals surface area contributed by atoms with E-state index in [9.17, 15) is 14.4 Å². The molecule has 2 aromatic heterocycles. The molecule has 0 aromatic carbocycles. The largest absolute Gasteiger partial charge is 0.350 e. The number of carbonyl (C=O) groups excluding carboxylic acids is 2. The molecule has 0 aliphatic heterocycles. The first-order valence-electron chi connectivity index (χ1n) is 9.31. The van der Waals surface area contributed by atoms with Gasteiger partial charge >= 0.3 is 0 Å². The Bertz CT molecular complexity index is 865. The molecule has 1 aliphatic rings. The van der Waals surface area contributed by atoms with Crippen LogP contribution < -0.4 is 16.1 Å². The summed E-state index contributed by atoms with van der Waals surface area (Å²) in [5.74, 6) is -0.883. The van der Waals surface area contributed by atoms with E-state index in [1.807, 2.05) is 35.2 Å². The van der Waals surface area contributed by atoms with Crippen LogP contribution in [0.1, 0.15) is 71.9 Å². The predicted molar refractivity (Wildman–Crippen MR) is 106 cm³/mol. The van der Waals surface area contributed by atoms with E-state index in [-0.39, 0.29) is 23.2 Å². The summed E-state index contributed by atoms with van der Waals surface area (Å²) in [6.45, 7) is 4.03. The summed E-state index contributed by atoms with van der Waals surface area (Å²) >= 11 is 1.55. The number of aromatic nitrogens is 1. The van der Waals surface area contributed by atoms with Gasteiger partial charge in [0.15, 0.2) is 0 Å². The van der Waals surface area contributed by atoms with Gasteiger partial charge in [0.05, 0.1) is 0 Å². The minimum absolute atomic E-state index is 0.0218. The van der Waals surface area contributed by atoms with Crippen LogP contribution in [0, 0.1) is 0 Å². The molecule has 7 heteroatoms. The van der Waals surface area contributed by atoms with E-state index in [1.54, 1.807) is 23.7 Å². The number of nitrogens with zero attached hydrogens (tertiary/aromatic N) is 1. The Balaban J connectivity index is 1.92. The second kappa shape index (κ2) is 8.52. The zero-order valence-corrected chi connectivity index (χ0v) is 16.5. The van der Waals surface area contributed by atoms with Crippen LogP contribution in [-0.4, -0.2) is 22.4 Å². The second-order valence-electron chi connectivity index (χ2n) is 7.24. The third kappa shape index (κ3) is 4.66. The Kier molecular flexibility index (Phi) is 6.11. The molecule has 0 bridgehead atoms. The molecule has 2 heterocycles. The zero-order chi connectivity index (χ0) is 19.4. The fourth-order valence-corrected chi connectivity index (χ4v) is 4.01. The molecule has 6 nitrogen and oxygen atoms in total. The predicted octanol–water partition coefficient (Wildman–Crippen LogP) is 3.09. The van der Waals surface area contributed by atoms with Gasteiger partial charge in [0, 0.05) is 31.0 Å². The number of carbonyl (C=O) groups is 2. The molecule has 144 valence electrons. The van der Waals surface area contributed by atoms with E-state index in [2.05, 4.69) is 10.6 Å². The lowest BCUT2D eigenvalue weighted by atomic mass is 10.1. The molecule has 1 saturated carbocycles. The SMILES string of the molecule is CC(C)NC(=O)c1cn(C2CCCC2)cc(C(=O)NCc2ccsc2)c1=O. The Morgan fingerprint density at radius 2 is 1.85 bits per heavy atom. The van der Waals surface area contributed by atoms with Crippen LogP contribution in [0.5, 0.6) is 0 Å². The smallest absolute Gasteiger partial charge is 0.257 e. The van der Waals surface area contributed by atoms with Crippen molar-refractivity contribution in [1.82, 2.24) is 15.2 Å². The quantitative estimate of drug-likeness (QED) is 0.799. The van der Waals surface area contributed by atoms with Crippen molar-refractivity contribution in [2.45, 2.75) is 58.2 Å². The van der Waals surface area contributed by atoms with Crippen LogP contribution in [0.25, 0.3) is 0 Å². The highest BCUT2D eigenvalue weighted by atomic mass is 32.1. The molecule has 0 saturated heterocycles. The first kappa shape index (κ1) is 19.4. The number of nitrogens with one attached hydrogen (secondary N) is 2. The minimum atomic E-state index is -0.523. The van der Waals surface area contributed by atoms with E-state index in [1.165, 1.54) is 0 Å². The first-order valence-corrected chi connectivity index (χ1v) is 10.3. The monoisotopic (exact) mass is 387 g/mol. The first-order chi connectivity index (χ1) is 13.0. The van der Waals surface area contributed by atoms with Crippen molar-refractivity contribution in [3.63, 3.8) is 0 Å². The molecular formula is C20H25N3O3S. The Hall–Kier alpha value is -2.41. The molecule has 2 N–H and O–H groups in total. The number of pyridine rings is 1. The molecule has 0 spiro atoms. The second-order valence-corrected chi connectivity index (χ2v) is 8.02. The van der Waals surface area contributed by atoms with Gasteiger partial charge < -0.3 is 15.2 Å². The Morgan fingerprint density at radius 3 is 2.44 bits per heavy atom. The number of rotatable bonds is 6. The number of amides is 2. The van der Waals surface area contributed by atoms with Crippen LogP contribution in [0.2, 0.25) is 0 Å². The summed E-state index contributed by atoms with van der Waals surface area (Å²) in [5, 5.41) is 9.43. The van der Waals surface area contributed by atoms with Gasteiger partial charge in [-0.05, 0) is 49.1 Å². The third-order valence-corrected chi connectivity index (χ3v) is 5.47. The standard InChI is InChI=1S/C20H25N3O3S/c1-13(2)22-20(26)17-11-23(15-5-3-4-6-15)10-16(18(17)24)19(25)21-9-14-7-8-27-12-14/h7-8,10-13,15H,3-6,9H2,1-2H3,(H,21,25)(H,22,26). The molecule has 0 atom stereocenters. The average molecular weight is 388 g/mol. The van der Waals surface area contributed by atoms with Crippen LogP contribution >= 0.6 is 11.3 Å². The molecule has 1 aliphatic carbocycles. The summed E-state index contributed by atoms with van der Waals surface area (Å²) in [6.07, 6.45) is 7.42.